The molecule has 1 heterocycles. The predicted octanol–water partition coefficient (Wildman–Crippen LogP) is 3.51. The molecule has 0 fully saturated rings. The lowest BCUT2D eigenvalue weighted by Crippen LogP contribution is -2.17. The number of hydrogen-bond acceptors (Lipinski definition) is 2. The van der Waals surface area contributed by atoms with Crippen molar-refractivity contribution in [3.63, 3.8) is 0 Å². The monoisotopic (exact) mass is 250 g/mol. The Balaban J connectivity index is 2.14. The molecule has 2 nitrogen and oxygen atoms in total. The van der Waals surface area contributed by atoms with Gasteiger partial charge in [0.2, 0.25) is 0 Å². The average molecular weight is 251 g/mol. The summed E-state index contributed by atoms with van der Waals surface area (Å²) in [5.74, 6) is -0.242. The summed E-state index contributed by atoms with van der Waals surface area (Å²) in [6, 6.07) is 11.9. The fraction of sp³-hybridized carbons (Fsp3) is 0.154. The molecule has 0 spiro atoms. The van der Waals surface area contributed by atoms with E-state index in [0.29, 0.717) is 11.7 Å². The van der Waals surface area contributed by atoms with Crippen molar-refractivity contribution in [2.75, 3.05) is 11.9 Å². The lowest BCUT2D eigenvalue weighted by atomic mass is 10.2. The molecule has 0 radical (unpaired) electrons. The average Bonchev–Trinajstić information content (AvgIpc) is 2.29. The van der Waals surface area contributed by atoms with Crippen LogP contribution in [-0.2, 0) is 6.54 Å². The van der Waals surface area contributed by atoms with Gasteiger partial charge in [-0.15, -0.1) is 0 Å². The van der Waals surface area contributed by atoms with Crippen LogP contribution < -0.4 is 4.90 Å². The molecule has 88 valence electrons. The van der Waals surface area contributed by atoms with E-state index in [1.807, 2.05) is 30.1 Å². The van der Waals surface area contributed by atoms with Crippen LogP contribution in [0.3, 0.4) is 0 Å². The number of nitrogens with zero attached hydrogens (tertiary/aromatic N) is 2. The van der Waals surface area contributed by atoms with Gasteiger partial charge in [0, 0.05) is 12.7 Å². The van der Waals surface area contributed by atoms with Crippen molar-refractivity contribution in [2.24, 2.45) is 0 Å². The minimum Gasteiger partial charge on any atom is -0.369 e. The highest BCUT2D eigenvalue weighted by atomic mass is 35.5. The second kappa shape index (κ2) is 5.15. The first-order valence-corrected chi connectivity index (χ1v) is 5.61. The van der Waals surface area contributed by atoms with Crippen LogP contribution in [0.5, 0.6) is 0 Å². The number of hydrogen-bond donors (Lipinski definition) is 0. The summed E-state index contributed by atoms with van der Waals surface area (Å²) >= 11 is 5.81. The number of benzene rings is 1. The second-order valence-corrected chi connectivity index (χ2v) is 4.17. The van der Waals surface area contributed by atoms with Crippen LogP contribution in [-0.4, -0.2) is 12.0 Å². The van der Waals surface area contributed by atoms with Crippen LogP contribution in [0.1, 0.15) is 5.69 Å². The zero-order valence-corrected chi connectivity index (χ0v) is 10.2. The molecule has 0 saturated carbocycles. The molecule has 1 aromatic carbocycles. The molecule has 4 heteroatoms. The highest BCUT2D eigenvalue weighted by Gasteiger charge is 2.04. The highest BCUT2D eigenvalue weighted by molar-refractivity contribution is 6.29. The number of rotatable bonds is 3. The van der Waals surface area contributed by atoms with Gasteiger partial charge in [0.25, 0.3) is 0 Å². The van der Waals surface area contributed by atoms with E-state index in [9.17, 15) is 4.39 Å². The summed E-state index contributed by atoms with van der Waals surface area (Å²) in [5, 5.41) is 0.468. The molecule has 0 unspecified atom stereocenters. The largest absolute Gasteiger partial charge is 0.369 e. The van der Waals surface area contributed by atoms with E-state index in [1.165, 1.54) is 12.1 Å². The quantitative estimate of drug-likeness (QED) is 0.775. The Morgan fingerprint density at radius 3 is 2.71 bits per heavy atom. The number of pyridine rings is 1. The van der Waals surface area contributed by atoms with Gasteiger partial charge in [-0.05, 0) is 30.3 Å². The predicted molar refractivity (Wildman–Crippen MR) is 67.8 cm³/mol. The molecule has 0 aliphatic rings. The van der Waals surface area contributed by atoms with Crippen molar-refractivity contribution in [1.29, 1.82) is 0 Å². The van der Waals surface area contributed by atoms with E-state index in [2.05, 4.69) is 4.98 Å². The van der Waals surface area contributed by atoms with Crippen LogP contribution in [0.4, 0.5) is 10.1 Å². The molecule has 0 amide bonds. The van der Waals surface area contributed by atoms with Gasteiger partial charge in [-0.2, -0.15) is 0 Å². The van der Waals surface area contributed by atoms with Crippen LogP contribution in [0.2, 0.25) is 5.15 Å². The molecule has 0 bridgehead atoms. The number of halogens is 2. The van der Waals surface area contributed by atoms with Crippen LogP contribution >= 0.6 is 11.6 Å². The Kier molecular flexibility index (Phi) is 3.59. The Bertz CT molecular complexity index is 516. The molecule has 0 aliphatic heterocycles. The van der Waals surface area contributed by atoms with Gasteiger partial charge < -0.3 is 4.90 Å². The number of anilines is 1. The first-order chi connectivity index (χ1) is 8.15. The fourth-order valence-electron chi connectivity index (χ4n) is 1.59. The standard InChI is InChI=1S/C13H12ClFN2/c1-17(12-6-2-4-10(15)8-12)9-11-5-3-7-13(14)16-11/h2-8H,9H2,1H3. The van der Waals surface area contributed by atoms with Gasteiger partial charge in [-0.3, -0.25) is 0 Å². The first-order valence-electron chi connectivity index (χ1n) is 5.23. The van der Waals surface area contributed by atoms with Crippen LogP contribution in [0.15, 0.2) is 42.5 Å². The molecule has 0 saturated heterocycles. The number of aromatic nitrogens is 1. The summed E-state index contributed by atoms with van der Waals surface area (Å²) in [6.45, 7) is 0.587. The SMILES string of the molecule is CN(Cc1cccc(Cl)n1)c1cccc(F)c1. The normalized spacial score (nSPS) is 10.3. The summed E-state index contributed by atoms with van der Waals surface area (Å²) in [7, 11) is 1.89. The summed E-state index contributed by atoms with van der Waals surface area (Å²) < 4.78 is 13.1. The molecule has 0 aliphatic carbocycles. The maximum atomic E-state index is 13.1. The molecule has 0 atom stereocenters. The maximum absolute atomic E-state index is 13.1. The second-order valence-electron chi connectivity index (χ2n) is 3.79. The van der Waals surface area contributed by atoms with E-state index in [0.717, 1.165) is 11.4 Å². The third kappa shape index (κ3) is 3.17. The van der Waals surface area contributed by atoms with Crippen molar-refractivity contribution in [3.05, 3.63) is 59.1 Å². The molecule has 1 aromatic heterocycles. The van der Waals surface area contributed by atoms with E-state index in [-0.39, 0.29) is 5.82 Å². The van der Waals surface area contributed by atoms with E-state index in [1.54, 1.807) is 12.1 Å². The minimum atomic E-state index is -0.242. The highest BCUT2D eigenvalue weighted by Crippen LogP contribution is 2.16. The van der Waals surface area contributed by atoms with Crippen LogP contribution in [0, 0.1) is 5.82 Å². The van der Waals surface area contributed by atoms with Crippen molar-refractivity contribution >= 4 is 17.3 Å². The van der Waals surface area contributed by atoms with Gasteiger partial charge in [0.05, 0.1) is 12.2 Å². The van der Waals surface area contributed by atoms with Gasteiger partial charge >= 0.3 is 0 Å². The smallest absolute Gasteiger partial charge is 0.129 e. The van der Waals surface area contributed by atoms with Gasteiger partial charge in [0.1, 0.15) is 11.0 Å². The lowest BCUT2D eigenvalue weighted by molar-refractivity contribution is 0.627. The Morgan fingerprint density at radius 1 is 1.24 bits per heavy atom. The molecular weight excluding hydrogens is 239 g/mol. The van der Waals surface area contributed by atoms with Crippen molar-refractivity contribution < 1.29 is 4.39 Å². The molecule has 0 N–H and O–H groups in total. The first kappa shape index (κ1) is 11.9. The summed E-state index contributed by atoms with van der Waals surface area (Å²) in [6.07, 6.45) is 0. The van der Waals surface area contributed by atoms with Crippen molar-refractivity contribution in [1.82, 2.24) is 4.98 Å². The van der Waals surface area contributed by atoms with Crippen LogP contribution in [0.25, 0.3) is 0 Å². The molecule has 2 rings (SSSR count). The summed E-state index contributed by atoms with van der Waals surface area (Å²) in [5.41, 5.74) is 1.66. The van der Waals surface area contributed by atoms with E-state index < -0.39 is 0 Å². The lowest BCUT2D eigenvalue weighted by Gasteiger charge is -2.18. The Morgan fingerprint density at radius 2 is 2.00 bits per heavy atom. The third-order valence-electron chi connectivity index (χ3n) is 2.42. The Hall–Kier alpha value is -1.61. The van der Waals surface area contributed by atoms with Gasteiger partial charge in [-0.1, -0.05) is 23.7 Å². The van der Waals surface area contributed by atoms with Gasteiger partial charge in [0.15, 0.2) is 0 Å². The third-order valence-corrected chi connectivity index (χ3v) is 2.63. The molecule has 2 aromatic rings. The fourth-order valence-corrected chi connectivity index (χ4v) is 1.77. The minimum absolute atomic E-state index is 0.242. The molecular formula is C13H12ClFN2. The Labute approximate surface area is 105 Å². The topological polar surface area (TPSA) is 16.1 Å². The molecule has 17 heavy (non-hydrogen) atoms. The maximum Gasteiger partial charge on any atom is 0.129 e. The van der Waals surface area contributed by atoms with E-state index in [4.69, 9.17) is 11.6 Å². The summed E-state index contributed by atoms with van der Waals surface area (Å²) in [4.78, 5) is 6.11. The van der Waals surface area contributed by atoms with Crippen molar-refractivity contribution in [3.8, 4) is 0 Å². The zero-order chi connectivity index (χ0) is 12.3. The van der Waals surface area contributed by atoms with Crippen molar-refractivity contribution in [2.45, 2.75) is 6.54 Å². The zero-order valence-electron chi connectivity index (χ0n) is 9.40. The van der Waals surface area contributed by atoms with Gasteiger partial charge in [-0.25, -0.2) is 9.37 Å². The van der Waals surface area contributed by atoms with E-state index >= 15 is 0 Å².